The molecular formula is C34H48N2. The lowest BCUT2D eigenvalue weighted by molar-refractivity contribution is 0.133. The molecule has 1 aromatic carbocycles. The van der Waals surface area contributed by atoms with Crippen LogP contribution in [0, 0.1) is 35.5 Å². The maximum atomic E-state index is 3.79. The van der Waals surface area contributed by atoms with E-state index in [0.29, 0.717) is 12.1 Å². The van der Waals surface area contributed by atoms with E-state index in [1.807, 2.05) is 0 Å². The van der Waals surface area contributed by atoms with Crippen LogP contribution in [0.25, 0.3) is 0 Å². The van der Waals surface area contributed by atoms with Gasteiger partial charge in [0.25, 0.3) is 0 Å². The van der Waals surface area contributed by atoms with Crippen molar-refractivity contribution < 1.29 is 0 Å². The van der Waals surface area contributed by atoms with E-state index in [-0.39, 0.29) is 0 Å². The molecule has 2 unspecified atom stereocenters. The molecule has 2 heterocycles. The molecule has 194 valence electrons. The minimum absolute atomic E-state index is 0.440. The number of rotatable bonds is 4. The number of piperidine rings is 2. The lowest BCUT2D eigenvalue weighted by atomic mass is 9.82. The van der Waals surface area contributed by atoms with E-state index in [1.54, 1.807) is 0 Å². The molecule has 2 aliphatic carbocycles. The molecule has 5 rings (SSSR count). The van der Waals surface area contributed by atoms with Crippen molar-refractivity contribution in [2.75, 3.05) is 26.2 Å². The summed E-state index contributed by atoms with van der Waals surface area (Å²) in [6.07, 6.45) is 22.0. The second kappa shape index (κ2) is 13.7. The molecule has 0 bridgehead atoms. The Morgan fingerprint density at radius 1 is 0.528 bits per heavy atom. The normalized spacial score (nSPS) is 24.7. The van der Waals surface area contributed by atoms with Crippen molar-refractivity contribution in [3.05, 3.63) is 35.4 Å². The first kappa shape index (κ1) is 25.9. The summed E-state index contributed by atoms with van der Waals surface area (Å²) in [7, 11) is 0. The summed E-state index contributed by atoms with van der Waals surface area (Å²) in [4.78, 5) is 5.42. The van der Waals surface area contributed by atoms with Crippen molar-refractivity contribution in [2.45, 2.75) is 115 Å². The molecule has 2 atom stereocenters. The summed E-state index contributed by atoms with van der Waals surface area (Å²) in [5.41, 5.74) is 2.29. The van der Waals surface area contributed by atoms with E-state index in [0.717, 1.165) is 23.0 Å². The minimum Gasteiger partial charge on any atom is -0.290 e. The average Bonchev–Trinajstić information content (AvgIpc) is 2.96. The highest BCUT2D eigenvalue weighted by Crippen LogP contribution is 2.31. The van der Waals surface area contributed by atoms with Crippen molar-refractivity contribution in [3.63, 3.8) is 0 Å². The third-order valence-electron chi connectivity index (χ3n) is 9.35. The van der Waals surface area contributed by atoms with E-state index in [9.17, 15) is 0 Å². The standard InChI is InChI=1S/C34H48N2/c1-5-16-31(17-6-1)33(35-24-9-3-10-25-35)22-20-29-14-13-15-30(28-29)21-23-34(32-18-7-2-8-19-32)36-26-11-4-12-27-36/h13-15,28,31-34H,1-12,16-19,24-27H2. The number of benzene rings is 1. The maximum absolute atomic E-state index is 3.79. The zero-order valence-corrected chi connectivity index (χ0v) is 22.7. The second-order valence-corrected chi connectivity index (χ2v) is 12.0. The molecule has 2 saturated heterocycles. The summed E-state index contributed by atoms with van der Waals surface area (Å²) in [5, 5.41) is 0. The van der Waals surface area contributed by atoms with Crippen LogP contribution in [-0.4, -0.2) is 48.1 Å². The van der Waals surface area contributed by atoms with Crippen LogP contribution in [-0.2, 0) is 0 Å². The molecule has 0 spiro atoms. The van der Waals surface area contributed by atoms with Gasteiger partial charge in [-0.25, -0.2) is 0 Å². The molecule has 1 aromatic rings. The molecule has 0 amide bonds. The Labute approximate surface area is 221 Å². The topological polar surface area (TPSA) is 6.48 Å². The Kier molecular flexibility index (Phi) is 9.85. The molecule has 2 heteroatoms. The molecule has 0 aromatic heterocycles. The maximum Gasteiger partial charge on any atom is 0.0746 e. The van der Waals surface area contributed by atoms with Crippen LogP contribution in [0.2, 0.25) is 0 Å². The Morgan fingerprint density at radius 2 is 0.917 bits per heavy atom. The van der Waals surface area contributed by atoms with E-state index in [2.05, 4.69) is 57.7 Å². The monoisotopic (exact) mass is 484 g/mol. The zero-order valence-electron chi connectivity index (χ0n) is 22.7. The fourth-order valence-corrected chi connectivity index (χ4v) is 7.30. The largest absolute Gasteiger partial charge is 0.290 e. The van der Waals surface area contributed by atoms with Crippen molar-refractivity contribution in [1.82, 2.24) is 9.80 Å². The summed E-state index contributed by atoms with van der Waals surface area (Å²) in [6, 6.07) is 9.68. The van der Waals surface area contributed by atoms with E-state index < -0.39 is 0 Å². The quantitative estimate of drug-likeness (QED) is 0.415. The van der Waals surface area contributed by atoms with Gasteiger partial charge >= 0.3 is 0 Å². The summed E-state index contributed by atoms with van der Waals surface area (Å²) in [6.45, 7) is 4.95. The van der Waals surface area contributed by atoms with Crippen LogP contribution in [0.15, 0.2) is 24.3 Å². The van der Waals surface area contributed by atoms with Gasteiger partial charge in [0.1, 0.15) is 0 Å². The highest BCUT2D eigenvalue weighted by Gasteiger charge is 2.29. The Balaban J connectivity index is 1.32. The lowest BCUT2D eigenvalue weighted by Gasteiger charge is -2.37. The predicted molar refractivity (Wildman–Crippen MR) is 152 cm³/mol. The minimum atomic E-state index is 0.440. The van der Waals surface area contributed by atoms with Crippen LogP contribution in [0.1, 0.15) is 114 Å². The third kappa shape index (κ3) is 7.18. The second-order valence-electron chi connectivity index (χ2n) is 12.0. The number of nitrogens with zero attached hydrogens (tertiary/aromatic N) is 2. The van der Waals surface area contributed by atoms with Crippen molar-refractivity contribution in [1.29, 1.82) is 0 Å². The first-order valence-electron chi connectivity index (χ1n) is 15.5. The van der Waals surface area contributed by atoms with Crippen LogP contribution in [0.4, 0.5) is 0 Å². The number of likely N-dealkylation sites (tertiary alicyclic amines) is 2. The zero-order chi connectivity index (χ0) is 24.4. The smallest absolute Gasteiger partial charge is 0.0746 e. The van der Waals surface area contributed by atoms with E-state index >= 15 is 0 Å². The van der Waals surface area contributed by atoms with Gasteiger partial charge in [-0.3, -0.25) is 9.80 Å². The van der Waals surface area contributed by atoms with Crippen molar-refractivity contribution in [2.24, 2.45) is 11.8 Å². The van der Waals surface area contributed by atoms with Gasteiger partial charge in [-0.05, 0) is 108 Å². The lowest BCUT2D eigenvalue weighted by Crippen LogP contribution is -2.43. The third-order valence-corrected chi connectivity index (χ3v) is 9.35. The summed E-state index contributed by atoms with van der Waals surface area (Å²) < 4.78 is 0. The van der Waals surface area contributed by atoms with Crippen molar-refractivity contribution >= 4 is 0 Å². The fourth-order valence-electron chi connectivity index (χ4n) is 7.30. The molecule has 4 fully saturated rings. The van der Waals surface area contributed by atoms with Crippen LogP contribution in [0.5, 0.6) is 0 Å². The fraction of sp³-hybridized carbons (Fsp3) is 0.706. The van der Waals surface area contributed by atoms with Gasteiger partial charge in [-0.1, -0.05) is 81.1 Å². The molecule has 4 aliphatic rings. The van der Waals surface area contributed by atoms with E-state index in [1.165, 1.54) is 129 Å². The molecule has 2 aliphatic heterocycles. The van der Waals surface area contributed by atoms with Gasteiger partial charge in [0.05, 0.1) is 12.1 Å². The molecule has 0 radical (unpaired) electrons. The molecule has 36 heavy (non-hydrogen) atoms. The highest BCUT2D eigenvalue weighted by molar-refractivity contribution is 5.44. The van der Waals surface area contributed by atoms with Gasteiger partial charge in [0.15, 0.2) is 0 Å². The first-order chi connectivity index (χ1) is 17.9. The molecular weight excluding hydrogens is 436 g/mol. The Morgan fingerprint density at radius 3 is 1.33 bits per heavy atom. The van der Waals surface area contributed by atoms with Gasteiger partial charge in [-0.2, -0.15) is 0 Å². The van der Waals surface area contributed by atoms with Crippen LogP contribution >= 0.6 is 0 Å². The highest BCUT2D eigenvalue weighted by atomic mass is 15.2. The predicted octanol–water partition coefficient (Wildman–Crippen LogP) is 7.26. The van der Waals surface area contributed by atoms with Crippen LogP contribution < -0.4 is 0 Å². The number of hydrogen-bond donors (Lipinski definition) is 0. The van der Waals surface area contributed by atoms with Gasteiger partial charge in [0.2, 0.25) is 0 Å². The average molecular weight is 485 g/mol. The van der Waals surface area contributed by atoms with Gasteiger partial charge < -0.3 is 0 Å². The summed E-state index contributed by atoms with van der Waals surface area (Å²) in [5.74, 6) is 16.3. The Bertz CT molecular complexity index is 810. The van der Waals surface area contributed by atoms with Gasteiger partial charge in [0, 0.05) is 11.1 Å². The Hall–Kier alpha value is -1.74. The van der Waals surface area contributed by atoms with Gasteiger partial charge in [-0.15, -0.1) is 0 Å². The molecule has 2 nitrogen and oxygen atoms in total. The van der Waals surface area contributed by atoms with Crippen LogP contribution in [0.3, 0.4) is 0 Å². The SMILES string of the molecule is C(#CC(C1CCCCC1)N1CCCCC1)c1cccc(C#CC(C2CCCCC2)N2CCCCC2)c1. The molecule has 2 saturated carbocycles. The van der Waals surface area contributed by atoms with E-state index in [4.69, 9.17) is 0 Å². The number of hydrogen-bond acceptors (Lipinski definition) is 2. The first-order valence-corrected chi connectivity index (χ1v) is 15.5. The van der Waals surface area contributed by atoms with Crippen molar-refractivity contribution in [3.8, 4) is 23.7 Å². The summed E-state index contributed by atoms with van der Waals surface area (Å²) >= 11 is 0. The molecule has 0 N–H and O–H groups in total.